The summed E-state index contributed by atoms with van der Waals surface area (Å²) in [5, 5.41) is 0. The molecule has 1 heterocycles. The topological polar surface area (TPSA) is 27.7 Å². The average Bonchev–Trinajstić information content (AvgIpc) is 2.98. The molecule has 0 radical (unpaired) electrons. The summed E-state index contributed by atoms with van der Waals surface area (Å²) in [5.41, 5.74) is 0.936. The zero-order valence-corrected chi connectivity index (χ0v) is 11.6. The Hall–Kier alpha value is -1.55. The quantitative estimate of drug-likeness (QED) is 0.792. The molecule has 1 aliphatic heterocycles. The molecule has 3 nitrogen and oxygen atoms in total. The number of benzene rings is 2. The van der Waals surface area contributed by atoms with Crippen LogP contribution in [0.3, 0.4) is 0 Å². The van der Waals surface area contributed by atoms with Crippen LogP contribution in [0.2, 0.25) is 0 Å². The van der Waals surface area contributed by atoms with Crippen LogP contribution in [0, 0.1) is 0 Å². The molecule has 4 heteroatoms. The van der Waals surface area contributed by atoms with Crippen LogP contribution in [-0.4, -0.2) is 18.6 Å². The van der Waals surface area contributed by atoms with Crippen LogP contribution in [0.25, 0.3) is 0 Å². The molecule has 2 aromatic carbocycles. The summed E-state index contributed by atoms with van der Waals surface area (Å²) in [5.74, 6) is 2.00. The van der Waals surface area contributed by atoms with Gasteiger partial charge in [0.15, 0.2) is 6.29 Å². The fraction of sp³-hybridized carbons (Fsp3) is 0.250. The summed E-state index contributed by atoms with van der Waals surface area (Å²) in [4.78, 5) is 0. The van der Waals surface area contributed by atoms with Crippen molar-refractivity contribution in [3.05, 3.63) is 60.2 Å². The highest BCUT2D eigenvalue weighted by atomic mass is 35.5. The van der Waals surface area contributed by atoms with Crippen molar-refractivity contribution in [2.24, 2.45) is 0 Å². The molecule has 0 bridgehead atoms. The van der Waals surface area contributed by atoms with Gasteiger partial charge in [0, 0.05) is 5.56 Å². The molecule has 1 saturated heterocycles. The van der Waals surface area contributed by atoms with Gasteiger partial charge < -0.3 is 14.2 Å². The van der Waals surface area contributed by atoms with Gasteiger partial charge in [0.05, 0.1) is 18.6 Å². The molecule has 2 unspecified atom stereocenters. The van der Waals surface area contributed by atoms with Gasteiger partial charge in [-0.2, -0.15) is 0 Å². The lowest BCUT2D eigenvalue weighted by atomic mass is 10.2. The first-order chi connectivity index (χ1) is 9.85. The third-order valence-corrected chi connectivity index (χ3v) is 3.38. The molecule has 104 valence electrons. The number of ether oxygens (including phenoxy) is 3. The minimum atomic E-state index is -0.363. The van der Waals surface area contributed by atoms with Crippen LogP contribution in [-0.2, 0) is 9.47 Å². The summed E-state index contributed by atoms with van der Waals surface area (Å²) in [6.07, 6.45) is -0.404. The van der Waals surface area contributed by atoms with Crippen LogP contribution in [0.15, 0.2) is 54.6 Å². The molecular weight excluding hydrogens is 276 g/mol. The van der Waals surface area contributed by atoms with E-state index in [1.54, 1.807) is 0 Å². The minimum absolute atomic E-state index is 0.0413. The number of alkyl halides is 1. The molecule has 0 aliphatic carbocycles. The molecule has 0 saturated carbocycles. The Morgan fingerprint density at radius 2 is 1.85 bits per heavy atom. The van der Waals surface area contributed by atoms with E-state index in [1.807, 2.05) is 54.6 Å². The van der Waals surface area contributed by atoms with E-state index in [1.165, 1.54) is 0 Å². The van der Waals surface area contributed by atoms with Crippen molar-refractivity contribution in [3.63, 3.8) is 0 Å². The Labute approximate surface area is 123 Å². The first-order valence-electron chi connectivity index (χ1n) is 6.51. The van der Waals surface area contributed by atoms with E-state index in [0.717, 1.165) is 17.1 Å². The van der Waals surface area contributed by atoms with E-state index in [9.17, 15) is 0 Å². The summed E-state index contributed by atoms with van der Waals surface area (Å²) < 4.78 is 17.1. The highest BCUT2D eigenvalue weighted by Gasteiger charge is 2.26. The smallest absolute Gasteiger partial charge is 0.184 e. The van der Waals surface area contributed by atoms with E-state index in [2.05, 4.69) is 0 Å². The molecule has 2 aromatic rings. The Kier molecular flexibility index (Phi) is 4.21. The van der Waals surface area contributed by atoms with Gasteiger partial charge in [0.25, 0.3) is 0 Å². The number of hydrogen-bond acceptors (Lipinski definition) is 3. The van der Waals surface area contributed by atoms with E-state index >= 15 is 0 Å². The van der Waals surface area contributed by atoms with E-state index in [-0.39, 0.29) is 12.4 Å². The third-order valence-electron chi connectivity index (χ3n) is 3.03. The first-order valence-corrected chi connectivity index (χ1v) is 7.04. The first kappa shape index (κ1) is 13.4. The zero-order valence-electron chi connectivity index (χ0n) is 10.9. The fourth-order valence-electron chi connectivity index (χ4n) is 2.05. The highest BCUT2D eigenvalue weighted by Crippen LogP contribution is 2.30. The fourth-order valence-corrected chi connectivity index (χ4v) is 2.21. The predicted molar refractivity (Wildman–Crippen MR) is 77.2 cm³/mol. The normalized spacial score (nSPS) is 21.9. The van der Waals surface area contributed by atoms with Gasteiger partial charge >= 0.3 is 0 Å². The van der Waals surface area contributed by atoms with Gasteiger partial charge in [-0.15, -0.1) is 11.6 Å². The van der Waals surface area contributed by atoms with Crippen molar-refractivity contribution in [2.75, 3.05) is 12.5 Å². The van der Waals surface area contributed by atoms with E-state index in [4.69, 9.17) is 25.8 Å². The van der Waals surface area contributed by atoms with Gasteiger partial charge in [-0.1, -0.05) is 30.3 Å². The third kappa shape index (κ3) is 3.12. The van der Waals surface area contributed by atoms with Crippen molar-refractivity contribution < 1.29 is 14.2 Å². The van der Waals surface area contributed by atoms with Crippen molar-refractivity contribution in [3.8, 4) is 11.5 Å². The number of halogens is 1. The molecule has 0 amide bonds. The minimum Gasteiger partial charge on any atom is -0.457 e. The molecule has 2 atom stereocenters. The number of rotatable bonds is 4. The standard InChI is InChI=1S/C16H15ClO3/c17-10-15-11-18-16(20-15)12-5-4-8-14(9-12)19-13-6-2-1-3-7-13/h1-9,15-16H,10-11H2. The van der Waals surface area contributed by atoms with Crippen molar-refractivity contribution in [2.45, 2.75) is 12.4 Å². The lowest BCUT2D eigenvalue weighted by Gasteiger charge is -2.12. The molecule has 3 rings (SSSR count). The van der Waals surface area contributed by atoms with Crippen LogP contribution < -0.4 is 4.74 Å². The Balaban J connectivity index is 1.73. The molecule has 20 heavy (non-hydrogen) atoms. The maximum atomic E-state index is 5.79. The Bertz CT molecular complexity index is 559. The second-order valence-electron chi connectivity index (χ2n) is 4.57. The van der Waals surface area contributed by atoms with Crippen molar-refractivity contribution in [1.29, 1.82) is 0 Å². The Morgan fingerprint density at radius 1 is 1.05 bits per heavy atom. The van der Waals surface area contributed by atoms with Crippen molar-refractivity contribution >= 4 is 11.6 Å². The molecule has 0 spiro atoms. The molecule has 1 aliphatic rings. The second-order valence-corrected chi connectivity index (χ2v) is 4.87. The van der Waals surface area contributed by atoms with E-state index in [0.29, 0.717) is 12.5 Å². The van der Waals surface area contributed by atoms with Crippen LogP contribution >= 0.6 is 11.6 Å². The number of hydrogen-bond donors (Lipinski definition) is 0. The lowest BCUT2D eigenvalue weighted by molar-refractivity contribution is -0.0567. The lowest BCUT2D eigenvalue weighted by Crippen LogP contribution is -2.10. The van der Waals surface area contributed by atoms with Crippen LogP contribution in [0.4, 0.5) is 0 Å². The zero-order chi connectivity index (χ0) is 13.8. The van der Waals surface area contributed by atoms with E-state index < -0.39 is 0 Å². The van der Waals surface area contributed by atoms with Gasteiger partial charge in [0.1, 0.15) is 11.5 Å². The SMILES string of the molecule is ClCC1COC(c2cccc(Oc3ccccc3)c2)O1. The summed E-state index contributed by atoms with van der Waals surface area (Å²) >= 11 is 5.77. The monoisotopic (exact) mass is 290 g/mol. The molecule has 1 fully saturated rings. The maximum Gasteiger partial charge on any atom is 0.184 e. The number of para-hydroxylation sites is 1. The van der Waals surface area contributed by atoms with Crippen molar-refractivity contribution in [1.82, 2.24) is 0 Å². The Morgan fingerprint density at radius 3 is 2.60 bits per heavy atom. The molecule has 0 N–H and O–H groups in total. The maximum absolute atomic E-state index is 5.79. The molecular formula is C16H15ClO3. The largest absolute Gasteiger partial charge is 0.457 e. The summed E-state index contributed by atoms with van der Waals surface area (Å²) in [7, 11) is 0. The predicted octanol–water partition coefficient (Wildman–Crippen LogP) is 4.13. The second kappa shape index (κ2) is 6.27. The van der Waals surface area contributed by atoms with Gasteiger partial charge in [-0.25, -0.2) is 0 Å². The highest BCUT2D eigenvalue weighted by molar-refractivity contribution is 6.18. The van der Waals surface area contributed by atoms with Gasteiger partial charge in [-0.05, 0) is 24.3 Å². The summed E-state index contributed by atoms with van der Waals surface area (Å²) in [6.45, 7) is 0.526. The average molecular weight is 291 g/mol. The van der Waals surface area contributed by atoms with Crippen LogP contribution in [0.5, 0.6) is 11.5 Å². The van der Waals surface area contributed by atoms with Gasteiger partial charge in [0.2, 0.25) is 0 Å². The van der Waals surface area contributed by atoms with Gasteiger partial charge in [-0.3, -0.25) is 0 Å². The van der Waals surface area contributed by atoms with Crippen LogP contribution in [0.1, 0.15) is 11.9 Å². The summed E-state index contributed by atoms with van der Waals surface area (Å²) in [6, 6.07) is 17.4. The molecule has 0 aromatic heterocycles.